The van der Waals surface area contributed by atoms with Gasteiger partial charge in [0, 0.05) is 6.07 Å². The molecule has 0 atom stereocenters. The average molecular weight is 302 g/mol. The Kier molecular flexibility index (Phi) is 4.20. The van der Waals surface area contributed by atoms with Gasteiger partial charge in [-0.1, -0.05) is 23.2 Å². The van der Waals surface area contributed by atoms with E-state index < -0.39 is 0 Å². The van der Waals surface area contributed by atoms with Crippen LogP contribution in [0.15, 0.2) is 18.2 Å². The number of nitrogen functional groups attached to an aromatic ring is 1. The van der Waals surface area contributed by atoms with Gasteiger partial charge in [0.15, 0.2) is 0 Å². The summed E-state index contributed by atoms with van der Waals surface area (Å²) >= 11 is 11.7. The van der Waals surface area contributed by atoms with E-state index in [1.54, 1.807) is 12.1 Å². The molecule has 0 aliphatic heterocycles. The number of methoxy groups -OCH3 is 1. The molecule has 0 aliphatic rings. The number of nitrogens with zero attached hydrogens (tertiary/aromatic N) is 3. The molecule has 7 nitrogen and oxygen atoms in total. The van der Waals surface area contributed by atoms with Gasteiger partial charge in [-0.3, -0.25) is 5.43 Å². The summed E-state index contributed by atoms with van der Waals surface area (Å²) in [6, 6.07) is 4.84. The van der Waals surface area contributed by atoms with Crippen molar-refractivity contribution in [3.63, 3.8) is 0 Å². The zero-order valence-corrected chi connectivity index (χ0v) is 11.2. The summed E-state index contributed by atoms with van der Waals surface area (Å²) in [6.45, 7) is 0. The quantitative estimate of drug-likeness (QED) is 0.660. The molecule has 0 spiro atoms. The monoisotopic (exact) mass is 301 g/mol. The molecule has 19 heavy (non-hydrogen) atoms. The Labute approximate surface area is 118 Å². The smallest absolute Gasteiger partial charge is 0.330 e. The second-order valence-corrected chi connectivity index (χ2v) is 4.07. The molecule has 0 bridgehead atoms. The Hall–Kier alpha value is -1.83. The number of rotatable bonds is 4. The summed E-state index contributed by atoms with van der Waals surface area (Å²) in [5.74, 6) is 5.76. The number of anilines is 1. The maximum Gasteiger partial charge on any atom is 0.330 e. The first kappa shape index (κ1) is 13.6. The summed E-state index contributed by atoms with van der Waals surface area (Å²) in [5.41, 5.74) is 2.28. The number of aromatic nitrogens is 3. The van der Waals surface area contributed by atoms with Crippen molar-refractivity contribution in [2.24, 2.45) is 5.84 Å². The summed E-state index contributed by atoms with van der Waals surface area (Å²) in [7, 11) is 1.42. The number of hydrogen-bond acceptors (Lipinski definition) is 7. The van der Waals surface area contributed by atoms with Crippen molar-refractivity contribution in [1.82, 2.24) is 15.0 Å². The van der Waals surface area contributed by atoms with Gasteiger partial charge >= 0.3 is 12.0 Å². The van der Waals surface area contributed by atoms with Gasteiger partial charge in [-0.15, -0.1) is 4.98 Å². The lowest BCUT2D eigenvalue weighted by Gasteiger charge is -2.07. The second-order valence-electron chi connectivity index (χ2n) is 3.25. The Morgan fingerprint density at radius 2 is 1.84 bits per heavy atom. The molecule has 1 aromatic carbocycles. The van der Waals surface area contributed by atoms with Crippen LogP contribution in [0.3, 0.4) is 0 Å². The fraction of sp³-hybridized carbons (Fsp3) is 0.100. The van der Waals surface area contributed by atoms with E-state index in [1.807, 2.05) is 0 Å². The minimum Gasteiger partial charge on any atom is -0.467 e. The summed E-state index contributed by atoms with van der Waals surface area (Å²) < 4.78 is 10.3. The number of hydrogen-bond donors (Lipinski definition) is 2. The highest BCUT2D eigenvalue weighted by Crippen LogP contribution is 2.28. The summed E-state index contributed by atoms with van der Waals surface area (Å²) in [6.07, 6.45) is 0. The Balaban J connectivity index is 2.29. The molecule has 0 saturated carbocycles. The molecule has 2 rings (SSSR count). The average Bonchev–Trinajstić information content (AvgIpc) is 2.42. The Morgan fingerprint density at radius 3 is 2.47 bits per heavy atom. The van der Waals surface area contributed by atoms with Crippen LogP contribution in [0.4, 0.5) is 5.95 Å². The predicted octanol–water partition coefficient (Wildman–Crippen LogP) is 2.26. The highest BCUT2D eigenvalue weighted by atomic mass is 35.5. The Morgan fingerprint density at radius 1 is 1.11 bits per heavy atom. The second kappa shape index (κ2) is 5.87. The van der Waals surface area contributed by atoms with Crippen LogP contribution in [0.5, 0.6) is 17.8 Å². The number of ether oxygens (including phenoxy) is 2. The van der Waals surface area contributed by atoms with Crippen molar-refractivity contribution in [3.05, 3.63) is 28.2 Å². The molecule has 0 amide bonds. The molecule has 2 aromatic rings. The van der Waals surface area contributed by atoms with Crippen molar-refractivity contribution in [1.29, 1.82) is 0 Å². The molecule has 0 unspecified atom stereocenters. The fourth-order valence-corrected chi connectivity index (χ4v) is 1.47. The minimum atomic E-state index is 0.0122. The van der Waals surface area contributed by atoms with Crippen molar-refractivity contribution < 1.29 is 9.47 Å². The number of hydrazine groups is 1. The number of nitrogens with one attached hydrogen (secondary N) is 1. The van der Waals surface area contributed by atoms with Gasteiger partial charge in [0.1, 0.15) is 5.75 Å². The van der Waals surface area contributed by atoms with E-state index in [4.69, 9.17) is 38.5 Å². The SMILES string of the molecule is COc1nc(NN)nc(Oc2ccc(Cl)c(Cl)c2)n1. The van der Waals surface area contributed by atoms with Crippen LogP contribution in [0.1, 0.15) is 0 Å². The van der Waals surface area contributed by atoms with E-state index in [1.165, 1.54) is 13.2 Å². The lowest BCUT2D eigenvalue weighted by atomic mass is 10.3. The zero-order valence-electron chi connectivity index (χ0n) is 9.72. The maximum absolute atomic E-state index is 5.88. The van der Waals surface area contributed by atoms with Crippen molar-refractivity contribution in [3.8, 4) is 17.8 Å². The van der Waals surface area contributed by atoms with Crippen LogP contribution < -0.4 is 20.7 Å². The summed E-state index contributed by atoms with van der Waals surface area (Å²) in [4.78, 5) is 11.7. The molecular weight excluding hydrogens is 293 g/mol. The van der Waals surface area contributed by atoms with E-state index in [9.17, 15) is 0 Å². The van der Waals surface area contributed by atoms with Gasteiger partial charge < -0.3 is 9.47 Å². The first-order chi connectivity index (χ1) is 9.12. The number of benzene rings is 1. The first-order valence-corrected chi connectivity index (χ1v) is 5.77. The van der Waals surface area contributed by atoms with Gasteiger partial charge in [-0.25, -0.2) is 5.84 Å². The fourth-order valence-electron chi connectivity index (χ4n) is 1.19. The van der Waals surface area contributed by atoms with Crippen LogP contribution in [-0.2, 0) is 0 Å². The molecule has 100 valence electrons. The molecule has 9 heteroatoms. The van der Waals surface area contributed by atoms with Gasteiger partial charge in [0.05, 0.1) is 17.2 Å². The van der Waals surface area contributed by atoms with Crippen LogP contribution in [0.25, 0.3) is 0 Å². The van der Waals surface area contributed by atoms with E-state index in [0.717, 1.165) is 0 Å². The first-order valence-electron chi connectivity index (χ1n) is 5.02. The van der Waals surface area contributed by atoms with Crippen molar-refractivity contribution in [2.75, 3.05) is 12.5 Å². The van der Waals surface area contributed by atoms with Gasteiger partial charge in [0.2, 0.25) is 5.95 Å². The van der Waals surface area contributed by atoms with E-state index in [0.29, 0.717) is 15.8 Å². The van der Waals surface area contributed by atoms with Crippen molar-refractivity contribution >= 4 is 29.2 Å². The molecule has 0 radical (unpaired) electrons. The molecule has 3 N–H and O–H groups in total. The molecular formula is C10H9Cl2N5O2. The zero-order chi connectivity index (χ0) is 13.8. The van der Waals surface area contributed by atoms with E-state index >= 15 is 0 Å². The minimum absolute atomic E-state index is 0.0122. The number of nitrogens with two attached hydrogens (primary N) is 1. The number of halogens is 2. The highest BCUT2D eigenvalue weighted by Gasteiger charge is 2.09. The van der Waals surface area contributed by atoms with Gasteiger partial charge in [-0.2, -0.15) is 9.97 Å². The molecule has 1 aromatic heterocycles. The third-order valence-electron chi connectivity index (χ3n) is 2.01. The third-order valence-corrected chi connectivity index (χ3v) is 2.75. The van der Waals surface area contributed by atoms with Crippen LogP contribution in [-0.4, -0.2) is 22.1 Å². The lowest BCUT2D eigenvalue weighted by molar-refractivity contribution is 0.360. The lowest BCUT2D eigenvalue weighted by Crippen LogP contribution is -2.12. The van der Waals surface area contributed by atoms with E-state index in [2.05, 4.69) is 20.4 Å². The molecule has 0 aliphatic carbocycles. The summed E-state index contributed by atoms with van der Waals surface area (Å²) in [5, 5.41) is 0.781. The van der Waals surface area contributed by atoms with Crippen molar-refractivity contribution in [2.45, 2.75) is 0 Å². The molecule has 0 saturated heterocycles. The normalized spacial score (nSPS) is 10.1. The van der Waals surface area contributed by atoms with Gasteiger partial charge in [-0.05, 0) is 12.1 Å². The van der Waals surface area contributed by atoms with Gasteiger partial charge in [0.25, 0.3) is 0 Å². The predicted molar refractivity (Wildman–Crippen MR) is 70.7 cm³/mol. The highest BCUT2D eigenvalue weighted by molar-refractivity contribution is 6.42. The van der Waals surface area contributed by atoms with E-state index in [-0.39, 0.29) is 18.0 Å². The standard InChI is InChI=1S/C10H9Cl2N5O2/c1-18-9-14-8(17-13)15-10(16-9)19-5-2-3-6(11)7(12)4-5/h2-4H,13H2,1H3,(H,14,15,16,17). The largest absolute Gasteiger partial charge is 0.467 e. The topological polar surface area (TPSA) is 95.2 Å². The molecule has 0 fully saturated rings. The maximum atomic E-state index is 5.88. The van der Waals surface area contributed by atoms with Crippen LogP contribution in [0.2, 0.25) is 10.0 Å². The van der Waals surface area contributed by atoms with Crippen LogP contribution in [0, 0.1) is 0 Å². The molecule has 1 heterocycles. The van der Waals surface area contributed by atoms with Crippen LogP contribution >= 0.6 is 23.2 Å². The Bertz CT molecular complexity index is 574. The third kappa shape index (κ3) is 3.34.